The molecule has 2 fully saturated rings. The lowest BCUT2D eigenvalue weighted by Gasteiger charge is -2.36. The van der Waals surface area contributed by atoms with Gasteiger partial charge in [0.1, 0.15) is 0 Å². The zero-order chi connectivity index (χ0) is 17.9. The highest BCUT2D eigenvalue weighted by atomic mass is 127. The molecule has 0 amide bonds. The number of halogens is 2. The van der Waals surface area contributed by atoms with Gasteiger partial charge in [-0.3, -0.25) is 4.99 Å². The molecule has 1 unspecified atom stereocenters. The van der Waals surface area contributed by atoms with Gasteiger partial charge in [-0.15, -0.1) is 24.0 Å². The third-order valence-corrected chi connectivity index (χ3v) is 7.48. The highest BCUT2D eigenvalue weighted by Gasteiger charge is 2.28. The van der Waals surface area contributed by atoms with Gasteiger partial charge in [0.05, 0.1) is 17.5 Å². The lowest BCUT2D eigenvalue weighted by molar-refractivity contribution is 0.380. The molecule has 2 aliphatic rings. The number of sulfone groups is 1. The first kappa shape index (κ1) is 21.6. The zero-order valence-corrected chi connectivity index (χ0v) is 18.6. The van der Waals surface area contributed by atoms with Crippen LogP contribution in [0.15, 0.2) is 29.3 Å². The van der Waals surface area contributed by atoms with Crippen molar-refractivity contribution in [3.8, 4) is 0 Å². The topological polar surface area (TPSA) is 79.0 Å². The van der Waals surface area contributed by atoms with Crippen LogP contribution in [0.1, 0.15) is 19.3 Å². The number of hydrogen-bond acceptors (Lipinski definition) is 4. The van der Waals surface area contributed by atoms with Crippen molar-refractivity contribution in [3.63, 3.8) is 0 Å². The minimum atomic E-state index is -3.00. The quantitative estimate of drug-likeness (QED) is 0.382. The summed E-state index contributed by atoms with van der Waals surface area (Å²) in [6.45, 7) is 3.52. The van der Waals surface area contributed by atoms with E-state index in [9.17, 15) is 8.42 Å². The minimum absolute atomic E-state index is 0. The van der Waals surface area contributed by atoms with Gasteiger partial charge in [0, 0.05) is 36.9 Å². The number of hydrogen-bond donors (Lipinski definition) is 1. The number of nitrogens with zero attached hydrogens (tertiary/aromatic N) is 3. The summed E-state index contributed by atoms with van der Waals surface area (Å²) < 4.78 is 24.1. The number of guanidine groups is 1. The SMILES string of the molecule is I.NC(=NCC1CCCCS1(=O)=O)N1CCN(c2ccc(Cl)cc2)CC1. The second-order valence-corrected chi connectivity index (χ2v) is 9.47. The average Bonchev–Trinajstić information content (AvgIpc) is 2.61. The third-order valence-electron chi connectivity index (χ3n) is 4.97. The summed E-state index contributed by atoms with van der Waals surface area (Å²) in [7, 11) is -3.00. The highest BCUT2D eigenvalue weighted by Crippen LogP contribution is 2.21. The maximum atomic E-state index is 12.1. The predicted molar refractivity (Wildman–Crippen MR) is 119 cm³/mol. The van der Waals surface area contributed by atoms with Gasteiger partial charge in [-0.05, 0) is 37.1 Å². The number of piperazine rings is 1. The van der Waals surface area contributed by atoms with E-state index in [0.29, 0.717) is 12.4 Å². The number of nitrogens with two attached hydrogens (primary N) is 1. The van der Waals surface area contributed by atoms with E-state index in [1.165, 1.54) is 0 Å². The Labute approximate surface area is 177 Å². The maximum absolute atomic E-state index is 12.1. The molecule has 0 aromatic heterocycles. The monoisotopic (exact) mass is 512 g/mol. The smallest absolute Gasteiger partial charge is 0.191 e. The van der Waals surface area contributed by atoms with Crippen LogP contribution in [-0.2, 0) is 9.84 Å². The molecule has 0 spiro atoms. The number of aliphatic imine (C=N–C) groups is 1. The molecule has 146 valence electrons. The average molecular weight is 513 g/mol. The van der Waals surface area contributed by atoms with E-state index in [2.05, 4.69) is 9.89 Å². The van der Waals surface area contributed by atoms with Gasteiger partial charge in [-0.1, -0.05) is 18.0 Å². The summed E-state index contributed by atoms with van der Waals surface area (Å²) in [4.78, 5) is 8.69. The van der Waals surface area contributed by atoms with Gasteiger partial charge >= 0.3 is 0 Å². The van der Waals surface area contributed by atoms with Crippen LogP contribution in [0.4, 0.5) is 5.69 Å². The van der Waals surface area contributed by atoms with E-state index in [4.69, 9.17) is 17.3 Å². The van der Waals surface area contributed by atoms with Gasteiger partial charge in [-0.2, -0.15) is 0 Å². The Morgan fingerprint density at radius 3 is 2.42 bits per heavy atom. The molecule has 9 heteroatoms. The van der Waals surface area contributed by atoms with Crippen LogP contribution < -0.4 is 10.6 Å². The Bertz CT molecular complexity index is 719. The van der Waals surface area contributed by atoms with E-state index in [1.807, 2.05) is 29.2 Å². The van der Waals surface area contributed by atoms with Gasteiger partial charge in [0.2, 0.25) is 0 Å². The Hall–Kier alpha value is -0.740. The zero-order valence-electron chi connectivity index (χ0n) is 14.7. The van der Waals surface area contributed by atoms with Gasteiger partial charge in [0.25, 0.3) is 0 Å². The van der Waals surface area contributed by atoms with Crippen LogP contribution in [0, 0.1) is 0 Å². The van der Waals surface area contributed by atoms with Crippen molar-refractivity contribution in [2.75, 3.05) is 43.4 Å². The summed E-state index contributed by atoms with van der Waals surface area (Å²) in [6.07, 6.45) is 2.42. The first-order chi connectivity index (χ1) is 12.0. The van der Waals surface area contributed by atoms with Crippen molar-refractivity contribution < 1.29 is 8.42 Å². The van der Waals surface area contributed by atoms with E-state index in [1.54, 1.807) is 0 Å². The van der Waals surface area contributed by atoms with Crippen molar-refractivity contribution in [2.24, 2.45) is 10.7 Å². The second-order valence-electron chi connectivity index (χ2n) is 6.63. The Morgan fingerprint density at radius 2 is 1.81 bits per heavy atom. The molecule has 1 aromatic rings. The van der Waals surface area contributed by atoms with Crippen LogP contribution in [0.25, 0.3) is 0 Å². The van der Waals surface area contributed by atoms with Gasteiger partial charge < -0.3 is 15.5 Å². The molecule has 6 nitrogen and oxygen atoms in total. The van der Waals surface area contributed by atoms with E-state index in [0.717, 1.165) is 49.7 Å². The predicted octanol–water partition coefficient (Wildman–Crippen LogP) is 2.36. The summed E-state index contributed by atoms with van der Waals surface area (Å²) >= 11 is 5.93. The van der Waals surface area contributed by atoms with Crippen LogP contribution in [0.3, 0.4) is 0 Å². The van der Waals surface area contributed by atoms with Crippen LogP contribution in [0.5, 0.6) is 0 Å². The molecule has 0 saturated carbocycles. The largest absolute Gasteiger partial charge is 0.370 e. The van der Waals surface area contributed by atoms with Crippen molar-refractivity contribution in [3.05, 3.63) is 29.3 Å². The Kier molecular flexibility index (Phi) is 7.84. The molecule has 2 saturated heterocycles. The van der Waals surface area contributed by atoms with Gasteiger partial charge in [0.15, 0.2) is 15.8 Å². The van der Waals surface area contributed by atoms with Crippen LogP contribution >= 0.6 is 35.6 Å². The van der Waals surface area contributed by atoms with Crippen molar-refractivity contribution in [1.82, 2.24) is 4.90 Å². The molecule has 26 heavy (non-hydrogen) atoms. The molecule has 2 aliphatic heterocycles. The highest BCUT2D eigenvalue weighted by molar-refractivity contribution is 14.0. The second kappa shape index (κ2) is 9.45. The number of benzene rings is 1. The third kappa shape index (κ3) is 5.39. The first-order valence-electron chi connectivity index (χ1n) is 8.73. The van der Waals surface area contributed by atoms with E-state index in [-0.39, 0.29) is 41.5 Å². The standard InChI is InChI=1S/C17H25ClN4O2S.HI/c18-14-4-6-15(7-5-14)21-8-10-22(11-9-21)17(19)20-13-16-3-1-2-12-25(16,23)24;/h4-7,16H,1-3,8-13H2,(H2,19,20);1H. The summed E-state index contributed by atoms with van der Waals surface area (Å²) in [5.74, 6) is 0.740. The summed E-state index contributed by atoms with van der Waals surface area (Å²) in [6, 6.07) is 7.82. The Morgan fingerprint density at radius 1 is 1.15 bits per heavy atom. The molecule has 0 radical (unpaired) electrons. The lowest BCUT2D eigenvalue weighted by Crippen LogP contribution is -2.51. The molecular formula is C17H26ClIN4O2S. The molecular weight excluding hydrogens is 487 g/mol. The maximum Gasteiger partial charge on any atom is 0.191 e. The van der Waals surface area contributed by atoms with Crippen LogP contribution in [-0.4, -0.2) is 63.0 Å². The van der Waals surface area contributed by atoms with Crippen molar-refractivity contribution in [2.45, 2.75) is 24.5 Å². The molecule has 2 heterocycles. The van der Waals surface area contributed by atoms with E-state index >= 15 is 0 Å². The molecule has 0 bridgehead atoms. The number of rotatable bonds is 3. The van der Waals surface area contributed by atoms with Crippen molar-refractivity contribution >= 4 is 57.1 Å². The summed E-state index contributed by atoms with van der Waals surface area (Å²) in [5, 5.41) is 0.367. The summed E-state index contributed by atoms with van der Waals surface area (Å²) in [5.41, 5.74) is 7.25. The fourth-order valence-corrected chi connectivity index (χ4v) is 5.26. The fraction of sp³-hybridized carbons (Fsp3) is 0.588. The fourth-order valence-electron chi connectivity index (χ4n) is 3.37. The molecule has 2 N–H and O–H groups in total. The minimum Gasteiger partial charge on any atom is -0.370 e. The molecule has 1 atom stereocenters. The normalized spacial score (nSPS) is 23.4. The molecule has 3 rings (SSSR count). The Balaban J connectivity index is 0.00000243. The van der Waals surface area contributed by atoms with Crippen LogP contribution in [0.2, 0.25) is 5.02 Å². The lowest BCUT2D eigenvalue weighted by atomic mass is 10.2. The first-order valence-corrected chi connectivity index (χ1v) is 10.8. The number of anilines is 1. The van der Waals surface area contributed by atoms with Gasteiger partial charge in [-0.25, -0.2) is 8.42 Å². The van der Waals surface area contributed by atoms with Crippen molar-refractivity contribution in [1.29, 1.82) is 0 Å². The molecule has 0 aliphatic carbocycles. The van der Waals surface area contributed by atoms with E-state index < -0.39 is 9.84 Å². The molecule has 1 aromatic carbocycles.